The summed E-state index contributed by atoms with van der Waals surface area (Å²) >= 11 is 1.06. The Morgan fingerprint density at radius 1 is 1.39 bits per heavy atom. The van der Waals surface area contributed by atoms with Crippen molar-refractivity contribution in [3.05, 3.63) is 28.6 Å². The number of carbonyl (C=O) groups is 1. The van der Waals surface area contributed by atoms with Crippen molar-refractivity contribution in [3.63, 3.8) is 0 Å². The van der Waals surface area contributed by atoms with E-state index < -0.39 is 15.0 Å². The fourth-order valence-corrected chi connectivity index (χ4v) is 4.78. The molecule has 0 aliphatic rings. The molecule has 2 aromatic rings. The second-order valence-electron chi connectivity index (χ2n) is 3.64. The topological polar surface area (TPSA) is 60.4 Å². The van der Waals surface area contributed by atoms with E-state index in [-0.39, 0.29) is 9.77 Å². The minimum absolute atomic E-state index is 0.0109. The van der Waals surface area contributed by atoms with E-state index in [0.29, 0.717) is 10.1 Å². The molecule has 0 aliphatic carbocycles. The fourth-order valence-electron chi connectivity index (χ4n) is 1.75. The molecule has 4 nitrogen and oxygen atoms in total. The summed E-state index contributed by atoms with van der Waals surface area (Å²) in [4.78, 5) is 11.5. The third kappa shape index (κ3) is 2.11. The monoisotopic (exact) mass is 304 g/mol. The average Bonchev–Trinajstić information content (AvgIpc) is 2.68. The minimum atomic E-state index is -4.01. The SMILES string of the molecule is COC(=O)c1sc2cccc(C)c2c1S(=O)(=O)Cl. The summed E-state index contributed by atoms with van der Waals surface area (Å²) in [5.41, 5.74) is 0.748. The molecule has 0 unspecified atom stereocenters. The molecule has 0 atom stereocenters. The van der Waals surface area contributed by atoms with E-state index in [1.807, 2.05) is 0 Å². The first-order valence-corrected chi connectivity index (χ1v) is 8.04. The van der Waals surface area contributed by atoms with Gasteiger partial charge in [0.05, 0.1) is 7.11 Å². The van der Waals surface area contributed by atoms with Crippen LogP contribution in [0.25, 0.3) is 10.1 Å². The molecule has 0 radical (unpaired) electrons. The molecule has 18 heavy (non-hydrogen) atoms. The Morgan fingerprint density at radius 2 is 2.06 bits per heavy atom. The van der Waals surface area contributed by atoms with Gasteiger partial charge in [0.25, 0.3) is 9.05 Å². The lowest BCUT2D eigenvalue weighted by Crippen LogP contribution is -2.04. The number of hydrogen-bond acceptors (Lipinski definition) is 5. The molecule has 0 aliphatic heterocycles. The van der Waals surface area contributed by atoms with Gasteiger partial charge in [-0.05, 0) is 18.6 Å². The van der Waals surface area contributed by atoms with Crippen molar-refractivity contribution >= 4 is 47.1 Å². The van der Waals surface area contributed by atoms with Crippen molar-refractivity contribution in [1.82, 2.24) is 0 Å². The van der Waals surface area contributed by atoms with Crippen LogP contribution in [0.1, 0.15) is 15.2 Å². The first-order valence-electron chi connectivity index (χ1n) is 4.91. The molecule has 0 saturated heterocycles. The van der Waals surface area contributed by atoms with Crippen molar-refractivity contribution in [1.29, 1.82) is 0 Å². The van der Waals surface area contributed by atoms with Crippen LogP contribution in [-0.2, 0) is 13.8 Å². The van der Waals surface area contributed by atoms with E-state index in [1.54, 1.807) is 25.1 Å². The van der Waals surface area contributed by atoms with E-state index in [4.69, 9.17) is 10.7 Å². The van der Waals surface area contributed by atoms with Crippen LogP contribution in [0, 0.1) is 6.92 Å². The maximum Gasteiger partial charge on any atom is 0.349 e. The Balaban J connectivity index is 2.97. The lowest BCUT2D eigenvalue weighted by Gasteiger charge is -2.01. The lowest BCUT2D eigenvalue weighted by atomic mass is 10.1. The van der Waals surface area contributed by atoms with Gasteiger partial charge < -0.3 is 4.74 Å². The van der Waals surface area contributed by atoms with Crippen LogP contribution in [0.3, 0.4) is 0 Å². The Morgan fingerprint density at radius 3 is 2.61 bits per heavy atom. The van der Waals surface area contributed by atoms with Gasteiger partial charge >= 0.3 is 5.97 Å². The van der Waals surface area contributed by atoms with Gasteiger partial charge in [-0.25, -0.2) is 13.2 Å². The maximum absolute atomic E-state index is 11.7. The second kappa shape index (κ2) is 4.53. The number of thiophene rings is 1. The molecule has 0 spiro atoms. The standard InChI is InChI=1S/C11H9ClO4S2/c1-6-4-3-5-7-8(6)10(18(12,14)15)9(17-7)11(13)16-2/h3-5H,1-2H3. The summed E-state index contributed by atoms with van der Waals surface area (Å²) in [6, 6.07) is 5.30. The van der Waals surface area contributed by atoms with Gasteiger partial charge in [0, 0.05) is 20.8 Å². The summed E-state index contributed by atoms with van der Waals surface area (Å²) < 4.78 is 28.6. The highest BCUT2D eigenvalue weighted by atomic mass is 35.7. The Bertz CT molecular complexity index is 731. The smallest absolute Gasteiger partial charge is 0.349 e. The number of aryl methyl sites for hydroxylation is 1. The molecule has 7 heteroatoms. The highest BCUT2D eigenvalue weighted by Crippen LogP contribution is 2.38. The Labute approximate surface area is 113 Å². The molecule has 0 saturated carbocycles. The summed E-state index contributed by atoms with van der Waals surface area (Å²) in [6.07, 6.45) is 0. The van der Waals surface area contributed by atoms with Gasteiger partial charge in [-0.1, -0.05) is 12.1 Å². The zero-order valence-electron chi connectivity index (χ0n) is 9.56. The Kier molecular flexibility index (Phi) is 3.35. The summed E-state index contributed by atoms with van der Waals surface area (Å²) in [7, 11) is 2.61. The molecule has 1 aromatic carbocycles. The van der Waals surface area contributed by atoms with Gasteiger partial charge in [-0.15, -0.1) is 11.3 Å². The van der Waals surface area contributed by atoms with Crippen molar-refractivity contribution in [2.24, 2.45) is 0 Å². The normalized spacial score (nSPS) is 11.7. The minimum Gasteiger partial charge on any atom is -0.465 e. The molecular formula is C11H9ClO4S2. The van der Waals surface area contributed by atoms with Crippen molar-refractivity contribution in [2.75, 3.05) is 7.11 Å². The number of halogens is 1. The molecule has 1 aromatic heterocycles. The van der Waals surface area contributed by atoms with E-state index in [0.717, 1.165) is 16.9 Å². The number of hydrogen-bond donors (Lipinski definition) is 0. The molecule has 2 rings (SSSR count). The van der Waals surface area contributed by atoms with Gasteiger partial charge in [0.2, 0.25) is 0 Å². The highest BCUT2D eigenvalue weighted by molar-refractivity contribution is 8.14. The third-order valence-corrected chi connectivity index (χ3v) is 5.12. The van der Waals surface area contributed by atoms with Crippen LogP contribution >= 0.6 is 22.0 Å². The quantitative estimate of drug-likeness (QED) is 0.632. The summed E-state index contributed by atoms with van der Waals surface area (Å²) in [5, 5.41) is 0.484. The maximum atomic E-state index is 11.7. The predicted octanol–water partition coefficient (Wildman–Crippen LogP) is 2.92. The molecule has 0 amide bonds. The zero-order valence-corrected chi connectivity index (χ0v) is 11.9. The van der Waals surface area contributed by atoms with Crippen LogP contribution in [0.5, 0.6) is 0 Å². The van der Waals surface area contributed by atoms with Crippen LogP contribution in [0.2, 0.25) is 0 Å². The summed E-state index contributed by atoms with van der Waals surface area (Å²) in [5.74, 6) is -0.699. The van der Waals surface area contributed by atoms with Gasteiger partial charge in [0.15, 0.2) is 0 Å². The lowest BCUT2D eigenvalue weighted by molar-refractivity contribution is 0.0602. The molecular weight excluding hydrogens is 296 g/mol. The van der Waals surface area contributed by atoms with Crippen LogP contribution in [-0.4, -0.2) is 21.5 Å². The molecule has 0 bridgehead atoms. The van der Waals surface area contributed by atoms with Crippen molar-refractivity contribution < 1.29 is 17.9 Å². The number of rotatable bonds is 2. The number of carbonyl (C=O) groups excluding carboxylic acids is 1. The van der Waals surface area contributed by atoms with E-state index in [2.05, 4.69) is 4.74 Å². The zero-order chi connectivity index (χ0) is 13.5. The van der Waals surface area contributed by atoms with Crippen LogP contribution in [0.4, 0.5) is 0 Å². The van der Waals surface area contributed by atoms with E-state index in [9.17, 15) is 13.2 Å². The Hall–Kier alpha value is -1.11. The first-order chi connectivity index (χ1) is 8.36. The number of esters is 1. The third-order valence-electron chi connectivity index (χ3n) is 2.49. The molecule has 0 N–H and O–H groups in total. The number of methoxy groups -OCH3 is 1. The average molecular weight is 305 g/mol. The highest BCUT2D eigenvalue weighted by Gasteiger charge is 2.28. The van der Waals surface area contributed by atoms with Crippen LogP contribution < -0.4 is 0 Å². The first kappa shape index (κ1) is 13.3. The van der Waals surface area contributed by atoms with Crippen molar-refractivity contribution in [3.8, 4) is 0 Å². The van der Waals surface area contributed by atoms with E-state index in [1.165, 1.54) is 7.11 Å². The number of benzene rings is 1. The second-order valence-corrected chi connectivity index (χ2v) is 7.19. The van der Waals surface area contributed by atoms with Gasteiger partial charge in [-0.3, -0.25) is 0 Å². The van der Waals surface area contributed by atoms with Crippen LogP contribution in [0.15, 0.2) is 23.1 Å². The van der Waals surface area contributed by atoms with E-state index >= 15 is 0 Å². The van der Waals surface area contributed by atoms with Gasteiger partial charge in [0.1, 0.15) is 9.77 Å². The van der Waals surface area contributed by atoms with Crippen molar-refractivity contribution in [2.45, 2.75) is 11.8 Å². The predicted molar refractivity (Wildman–Crippen MR) is 70.9 cm³/mol. The number of ether oxygens (including phenoxy) is 1. The largest absolute Gasteiger partial charge is 0.465 e. The molecule has 1 heterocycles. The number of fused-ring (bicyclic) bond motifs is 1. The molecule has 0 fully saturated rings. The van der Waals surface area contributed by atoms with Gasteiger partial charge in [-0.2, -0.15) is 0 Å². The molecule has 96 valence electrons. The summed E-state index contributed by atoms with van der Waals surface area (Å²) in [6.45, 7) is 1.77. The fraction of sp³-hybridized carbons (Fsp3) is 0.182.